The summed E-state index contributed by atoms with van der Waals surface area (Å²) in [6, 6.07) is 15.0. The maximum atomic E-state index is 12.2. The van der Waals surface area contributed by atoms with E-state index in [4.69, 9.17) is 5.11 Å². The smallest absolute Gasteiger partial charge is 0.324 e. The highest BCUT2D eigenvalue weighted by Crippen LogP contribution is 2.07. The van der Waals surface area contributed by atoms with Crippen molar-refractivity contribution in [3.05, 3.63) is 71.3 Å². The van der Waals surface area contributed by atoms with Gasteiger partial charge in [0.2, 0.25) is 0 Å². The van der Waals surface area contributed by atoms with Crippen LogP contribution in [0, 0.1) is 0 Å². The first-order valence-corrected chi connectivity index (χ1v) is 7.38. The molecule has 0 aliphatic heterocycles. The summed E-state index contributed by atoms with van der Waals surface area (Å²) >= 11 is 0. The van der Waals surface area contributed by atoms with Gasteiger partial charge in [-0.15, -0.1) is 0 Å². The summed E-state index contributed by atoms with van der Waals surface area (Å²) in [4.78, 5) is 36.0. The van der Waals surface area contributed by atoms with E-state index >= 15 is 0 Å². The molecule has 2 aromatic carbocycles. The number of carboxylic acid groups (broad SMARTS) is 1. The molecule has 0 aromatic heterocycles. The molecule has 0 saturated heterocycles. The molecule has 0 atom stereocenters. The average Bonchev–Trinajstić information content (AvgIpc) is 2.59. The molecule has 2 rings (SSSR count). The second-order valence-corrected chi connectivity index (χ2v) is 5.28. The Balaban J connectivity index is 1.95. The van der Waals surface area contributed by atoms with Crippen molar-refractivity contribution in [2.75, 3.05) is 7.05 Å². The summed E-state index contributed by atoms with van der Waals surface area (Å²) in [5.41, 5.74) is 1.85. The number of urea groups is 1. The van der Waals surface area contributed by atoms with Crippen LogP contribution in [-0.4, -0.2) is 35.0 Å². The maximum Gasteiger partial charge on any atom is 0.324 e. The van der Waals surface area contributed by atoms with Gasteiger partial charge in [-0.05, 0) is 23.3 Å². The van der Waals surface area contributed by atoms with Crippen molar-refractivity contribution in [1.29, 1.82) is 0 Å². The molecule has 0 bridgehead atoms. The molecule has 0 aliphatic carbocycles. The molecular formula is C18H18N2O4. The number of benzene rings is 2. The van der Waals surface area contributed by atoms with E-state index < -0.39 is 17.9 Å². The van der Waals surface area contributed by atoms with E-state index in [0.29, 0.717) is 11.1 Å². The summed E-state index contributed by atoms with van der Waals surface area (Å²) in [5.74, 6) is -1.31. The van der Waals surface area contributed by atoms with E-state index in [-0.39, 0.29) is 13.0 Å². The van der Waals surface area contributed by atoms with Crippen LogP contribution in [0.15, 0.2) is 54.6 Å². The molecule has 0 aliphatic rings. The largest absolute Gasteiger partial charge is 0.481 e. The minimum Gasteiger partial charge on any atom is -0.481 e. The van der Waals surface area contributed by atoms with Gasteiger partial charge in [0.1, 0.15) is 0 Å². The lowest BCUT2D eigenvalue weighted by molar-refractivity contribution is -0.136. The number of hydrogen-bond acceptors (Lipinski definition) is 3. The van der Waals surface area contributed by atoms with Crippen molar-refractivity contribution < 1.29 is 19.5 Å². The highest BCUT2D eigenvalue weighted by Gasteiger charge is 2.17. The van der Waals surface area contributed by atoms with Gasteiger partial charge in [0.25, 0.3) is 5.91 Å². The molecule has 0 spiro atoms. The molecule has 0 saturated carbocycles. The number of nitrogens with zero attached hydrogens (tertiary/aromatic N) is 1. The second kappa shape index (κ2) is 7.92. The number of rotatable bonds is 5. The Morgan fingerprint density at radius 2 is 1.67 bits per heavy atom. The minimum absolute atomic E-state index is 0.0752. The Morgan fingerprint density at radius 1 is 1.00 bits per heavy atom. The van der Waals surface area contributed by atoms with Crippen molar-refractivity contribution in [3.8, 4) is 0 Å². The summed E-state index contributed by atoms with van der Waals surface area (Å²) in [6.07, 6.45) is -0.0752. The van der Waals surface area contributed by atoms with Crippen LogP contribution in [0.25, 0.3) is 0 Å². The minimum atomic E-state index is -0.913. The van der Waals surface area contributed by atoms with Gasteiger partial charge in [-0.3, -0.25) is 14.5 Å². The average molecular weight is 326 g/mol. The predicted molar refractivity (Wildman–Crippen MR) is 88.6 cm³/mol. The van der Waals surface area contributed by atoms with Gasteiger partial charge in [0.15, 0.2) is 0 Å². The molecule has 2 aromatic rings. The fourth-order valence-electron chi connectivity index (χ4n) is 2.19. The summed E-state index contributed by atoms with van der Waals surface area (Å²) in [5, 5.41) is 11.5. The molecule has 3 amide bonds. The third-order valence-electron chi connectivity index (χ3n) is 3.42. The summed E-state index contributed by atoms with van der Waals surface area (Å²) < 4.78 is 0. The van der Waals surface area contributed by atoms with Crippen LogP contribution in [-0.2, 0) is 17.8 Å². The molecule has 2 N–H and O–H groups in total. The SMILES string of the molecule is CN(C(=O)NCc1cccc(CC(=O)O)c1)C(=O)c1ccccc1. The molecular weight excluding hydrogens is 308 g/mol. The zero-order chi connectivity index (χ0) is 17.5. The molecule has 24 heavy (non-hydrogen) atoms. The Labute approximate surface area is 139 Å². The van der Waals surface area contributed by atoms with Crippen LogP contribution in [0.3, 0.4) is 0 Å². The van der Waals surface area contributed by atoms with Crippen molar-refractivity contribution in [2.24, 2.45) is 0 Å². The molecule has 0 fully saturated rings. The van der Waals surface area contributed by atoms with Crippen LogP contribution < -0.4 is 5.32 Å². The topological polar surface area (TPSA) is 86.7 Å². The van der Waals surface area contributed by atoms with Gasteiger partial charge in [0, 0.05) is 19.2 Å². The van der Waals surface area contributed by atoms with E-state index in [1.807, 2.05) is 0 Å². The first kappa shape index (κ1) is 17.2. The molecule has 6 heteroatoms. The Morgan fingerprint density at radius 3 is 2.33 bits per heavy atom. The maximum absolute atomic E-state index is 12.2. The Kier molecular flexibility index (Phi) is 5.68. The number of imide groups is 1. The van der Waals surface area contributed by atoms with Crippen molar-refractivity contribution in [1.82, 2.24) is 10.2 Å². The predicted octanol–water partition coefficient (Wildman–Crippen LogP) is 2.30. The number of amides is 3. The summed E-state index contributed by atoms with van der Waals surface area (Å²) in [6.45, 7) is 0.207. The van der Waals surface area contributed by atoms with E-state index in [1.165, 1.54) is 7.05 Å². The lowest BCUT2D eigenvalue weighted by atomic mass is 10.1. The fourth-order valence-corrected chi connectivity index (χ4v) is 2.19. The third kappa shape index (κ3) is 4.67. The van der Waals surface area contributed by atoms with Crippen LogP contribution in [0.5, 0.6) is 0 Å². The van der Waals surface area contributed by atoms with Crippen molar-refractivity contribution in [3.63, 3.8) is 0 Å². The number of carbonyl (C=O) groups excluding carboxylic acids is 2. The standard InChI is InChI=1S/C18H18N2O4/c1-20(17(23)15-8-3-2-4-9-15)18(24)19-12-14-7-5-6-13(10-14)11-16(21)22/h2-10H,11-12H2,1H3,(H,19,24)(H,21,22). The molecule has 6 nitrogen and oxygen atoms in total. The van der Waals surface area contributed by atoms with E-state index in [9.17, 15) is 14.4 Å². The fraction of sp³-hybridized carbons (Fsp3) is 0.167. The van der Waals surface area contributed by atoms with Gasteiger partial charge in [-0.1, -0.05) is 42.5 Å². The summed E-state index contributed by atoms with van der Waals surface area (Å²) in [7, 11) is 1.41. The lowest BCUT2D eigenvalue weighted by Gasteiger charge is -2.16. The number of nitrogens with one attached hydrogen (secondary N) is 1. The Bertz CT molecular complexity index is 744. The van der Waals surface area contributed by atoms with Crippen LogP contribution >= 0.6 is 0 Å². The van der Waals surface area contributed by atoms with E-state index in [2.05, 4.69) is 5.32 Å². The van der Waals surface area contributed by atoms with Gasteiger partial charge in [0.05, 0.1) is 6.42 Å². The van der Waals surface area contributed by atoms with Gasteiger partial charge >= 0.3 is 12.0 Å². The zero-order valence-electron chi connectivity index (χ0n) is 13.2. The van der Waals surface area contributed by atoms with Crippen molar-refractivity contribution in [2.45, 2.75) is 13.0 Å². The van der Waals surface area contributed by atoms with Crippen LogP contribution in [0.1, 0.15) is 21.5 Å². The number of carbonyl (C=O) groups is 3. The monoisotopic (exact) mass is 326 g/mol. The van der Waals surface area contributed by atoms with E-state index in [1.54, 1.807) is 54.6 Å². The quantitative estimate of drug-likeness (QED) is 0.882. The highest BCUT2D eigenvalue weighted by atomic mass is 16.4. The first-order valence-electron chi connectivity index (χ1n) is 7.38. The number of carboxylic acids is 1. The van der Waals surface area contributed by atoms with Crippen LogP contribution in [0.4, 0.5) is 4.79 Å². The second-order valence-electron chi connectivity index (χ2n) is 5.28. The van der Waals surface area contributed by atoms with Gasteiger partial charge in [-0.25, -0.2) is 4.79 Å². The highest BCUT2D eigenvalue weighted by molar-refractivity contribution is 6.03. The normalized spacial score (nSPS) is 10.0. The lowest BCUT2D eigenvalue weighted by Crippen LogP contribution is -2.40. The van der Waals surface area contributed by atoms with Gasteiger partial charge in [-0.2, -0.15) is 0 Å². The third-order valence-corrected chi connectivity index (χ3v) is 3.42. The number of aliphatic carboxylic acids is 1. The van der Waals surface area contributed by atoms with E-state index in [0.717, 1.165) is 10.5 Å². The van der Waals surface area contributed by atoms with Crippen LogP contribution in [0.2, 0.25) is 0 Å². The zero-order valence-corrected chi connectivity index (χ0v) is 13.2. The first-order chi connectivity index (χ1) is 11.5. The molecule has 0 radical (unpaired) electrons. The molecule has 124 valence electrons. The molecule has 0 heterocycles. The van der Waals surface area contributed by atoms with Crippen molar-refractivity contribution >= 4 is 17.9 Å². The molecule has 0 unspecified atom stereocenters. The number of hydrogen-bond donors (Lipinski definition) is 2. The van der Waals surface area contributed by atoms with Gasteiger partial charge < -0.3 is 10.4 Å². The Hall–Kier alpha value is -3.15.